The van der Waals surface area contributed by atoms with Crippen LogP contribution in [0.3, 0.4) is 0 Å². The zero-order valence-corrected chi connectivity index (χ0v) is 18.7. The molecule has 2 aliphatic carbocycles. The van der Waals surface area contributed by atoms with E-state index >= 15 is 0 Å². The first-order valence-electron chi connectivity index (χ1n) is 11.4. The average Bonchev–Trinajstić information content (AvgIpc) is 3.45. The largest absolute Gasteiger partial charge is 0.490 e. The summed E-state index contributed by atoms with van der Waals surface area (Å²) in [6.45, 7) is 1.80. The number of nitrogens with zero attached hydrogens (tertiary/aromatic N) is 2. The number of aromatic nitrogens is 1. The fourth-order valence-corrected chi connectivity index (χ4v) is 4.72. The average molecular weight is 442 g/mol. The third-order valence-electron chi connectivity index (χ3n) is 6.68. The van der Waals surface area contributed by atoms with Crippen LogP contribution in [0.15, 0.2) is 28.8 Å². The molecule has 0 spiro atoms. The number of urea groups is 1. The molecular weight excluding hydrogens is 410 g/mol. The third-order valence-corrected chi connectivity index (χ3v) is 6.68. The van der Waals surface area contributed by atoms with Gasteiger partial charge in [-0.15, -0.1) is 0 Å². The molecule has 1 heterocycles. The van der Waals surface area contributed by atoms with Crippen molar-refractivity contribution in [1.29, 1.82) is 0 Å². The van der Waals surface area contributed by atoms with Crippen molar-refractivity contribution in [2.24, 2.45) is 5.92 Å². The topological polar surface area (TPSA) is 105 Å². The van der Waals surface area contributed by atoms with E-state index in [0.717, 1.165) is 44.1 Å². The number of nitrogens with one attached hydrogen (secondary N) is 1. The Balaban J connectivity index is 1.43. The first-order chi connectivity index (χ1) is 15.4. The van der Waals surface area contributed by atoms with Crippen LogP contribution in [0.2, 0.25) is 0 Å². The Bertz CT molecular complexity index is 949. The van der Waals surface area contributed by atoms with Crippen molar-refractivity contribution in [1.82, 2.24) is 10.1 Å². The number of aryl methyl sites for hydroxylation is 1. The van der Waals surface area contributed by atoms with Crippen molar-refractivity contribution in [3.8, 4) is 17.1 Å². The van der Waals surface area contributed by atoms with Crippen LogP contribution in [0.1, 0.15) is 57.1 Å². The molecule has 32 heavy (non-hydrogen) atoms. The molecule has 1 aromatic carbocycles. The molecule has 2 fully saturated rings. The van der Waals surface area contributed by atoms with Crippen molar-refractivity contribution in [3.63, 3.8) is 0 Å². The minimum atomic E-state index is -0.748. The van der Waals surface area contributed by atoms with Gasteiger partial charge < -0.3 is 24.6 Å². The molecule has 0 aliphatic heterocycles. The monoisotopic (exact) mass is 441 g/mol. The molecule has 1 aromatic heterocycles. The summed E-state index contributed by atoms with van der Waals surface area (Å²) in [6, 6.07) is 7.53. The Morgan fingerprint density at radius 3 is 2.53 bits per heavy atom. The second-order valence-electron chi connectivity index (χ2n) is 8.92. The lowest BCUT2D eigenvalue weighted by Gasteiger charge is -2.27. The SMILES string of the molecule is Cc1noc(-c2ccc(O[C@H]3CCC[C@H](C(=O)O)C3)cc2)c1NC(=O)N(C)C1CCCC1. The number of aliphatic carboxylic acids is 1. The van der Waals surface area contributed by atoms with Crippen molar-refractivity contribution in [2.45, 2.75) is 70.4 Å². The summed E-state index contributed by atoms with van der Waals surface area (Å²) in [7, 11) is 1.83. The summed E-state index contributed by atoms with van der Waals surface area (Å²) >= 11 is 0. The highest BCUT2D eigenvalue weighted by Gasteiger charge is 2.28. The number of hydrogen-bond donors (Lipinski definition) is 2. The van der Waals surface area contributed by atoms with E-state index in [1.165, 1.54) is 0 Å². The van der Waals surface area contributed by atoms with E-state index in [0.29, 0.717) is 35.7 Å². The summed E-state index contributed by atoms with van der Waals surface area (Å²) in [4.78, 5) is 25.8. The number of anilines is 1. The number of carbonyl (C=O) groups is 2. The second kappa shape index (κ2) is 9.63. The Labute approximate surface area is 187 Å². The zero-order valence-electron chi connectivity index (χ0n) is 18.7. The molecule has 8 nitrogen and oxygen atoms in total. The second-order valence-corrected chi connectivity index (χ2v) is 8.92. The third kappa shape index (κ3) is 4.89. The molecular formula is C24H31N3O5. The van der Waals surface area contributed by atoms with Crippen LogP contribution >= 0.6 is 0 Å². The normalized spacial score (nSPS) is 21.3. The lowest BCUT2D eigenvalue weighted by molar-refractivity contribution is -0.143. The number of carboxylic acids is 1. The predicted octanol–water partition coefficient (Wildman–Crippen LogP) is 5.08. The van der Waals surface area contributed by atoms with Gasteiger partial charge in [-0.05, 0) is 69.7 Å². The number of rotatable bonds is 6. The van der Waals surface area contributed by atoms with E-state index < -0.39 is 5.97 Å². The lowest BCUT2D eigenvalue weighted by atomic mass is 9.87. The van der Waals surface area contributed by atoms with Crippen LogP contribution in [-0.2, 0) is 4.79 Å². The summed E-state index contributed by atoms with van der Waals surface area (Å²) in [5.41, 5.74) is 1.98. The van der Waals surface area contributed by atoms with E-state index in [1.807, 2.05) is 31.3 Å². The molecule has 2 saturated carbocycles. The van der Waals surface area contributed by atoms with E-state index in [1.54, 1.807) is 11.8 Å². The molecule has 2 amide bonds. The molecule has 0 bridgehead atoms. The standard InChI is InChI=1S/C24H31N3O5/c1-15-21(25-24(30)27(2)18-7-3-4-8-18)22(32-26-15)16-10-12-19(13-11-16)31-20-9-5-6-17(14-20)23(28)29/h10-13,17-18,20H,3-9,14H2,1-2H3,(H,25,30)(H,28,29)/t17-,20-/m0/s1. The van der Waals surface area contributed by atoms with E-state index in [4.69, 9.17) is 9.26 Å². The maximum absolute atomic E-state index is 12.8. The molecule has 4 rings (SSSR count). The zero-order chi connectivity index (χ0) is 22.7. The van der Waals surface area contributed by atoms with Gasteiger partial charge in [0.1, 0.15) is 17.1 Å². The van der Waals surface area contributed by atoms with Gasteiger partial charge in [-0.3, -0.25) is 4.79 Å². The number of carboxylic acid groups (broad SMARTS) is 1. The van der Waals surface area contributed by atoms with Gasteiger partial charge in [-0.1, -0.05) is 18.0 Å². The summed E-state index contributed by atoms with van der Waals surface area (Å²) in [6.07, 6.45) is 7.26. The first-order valence-corrected chi connectivity index (χ1v) is 11.4. The maximum atomic E-state index is 12.8. The van der Waals surface area contributed by atoms with Gasteiger partial charge in [0.25, 0.3) is 0 Å². The first kappa shape index (κ1) is 22.2. The van der Waals surface area contributed by atoms with E-state index in [9.17, 15) is 14.7 Å². The fourth-order valence-electron chi connectivity index (χ4n) is 4.72. The highest BCUT2D eigenvalue weighted by atomic mass is 16.5. The van der Waals surface area contributed by atoms with Gasteiger partial charge in [0, 0.05) is 18.7 Å². The number of amides is 2. The quantitative estimate of drug-likeness (QED) is 0.648. The molecule has 2 aromatic rings. The number of ether oxygens (including phenoxy) is 1. The minimum absolute atomic E-state index is 0.0933. The molecule has 0 radical (unpaired) electrons. The Morgan fingerprint density at radius 2 is 1.84 bits per heavy atom. The van der Waals surface area contributed by atoms with E-state index in [-0.39, 0.29) is 24.1 Å². The van der Waals surface area contributed by atoms with Crippen molar-refractivity contribution in [3.05, 3.63) is 30.0 Å². The smallest absolute Gasteiger partial charge is 0.321 e. The minimum Gasteiger partial charge on any atom is -0.490 e. The molecule has 0 saturated heterocycles. The van der Waals surface area contributed by atoms with Gasteiger partial charge in [0.15, 0.2) is 5.76 Å². The molecule has 2 atom stereocenters. The van der Waals surface area contributed by atoms with Crippen LogP contribution in [0.25, 0.3) is 11.3 Å². The van der Waals surface area contributed by atoms with Crippen molar-refractivity contribution < 1.29 is 24.0 Å². The molecule has 2 N–H and O–H groups in total. The number of carbonyl (C=O) groups excluding carboxylic acids is 1. The lowest BCUT2D eigenvalue weighted by Crippen LogP contribution is -2.38. The summed E-state index contributed by atoms with van der Waals surface area (Å²) < 4.78 is 11.6. The number of benzene rings is 1. The summed E-state index contributed by atoms with van der Waals surface area (Å²) in [5.74, 6) is 0.111. The van der Waals surface area contributed by atoms with Crippen molar-refractivity contribution >= 4 is 17.7 Å². The van der Waals surface area contributed by atoms with Gasteiger partial charge in [-0.25, -0.2) is 4.79 Å². The Hall–Kier alpha value is -3.03. The predicted molar refractivity (Wildman–Crippen MR) is 120 cm³/mol. The Kier molecular flexibility index (Phi) is 6.67. The highest BCUT2D eigenvalue weighted by molar-refractivity contribution is 5.94. The molecule has 172 valence electrons. The number of hydrogen-bond acceptors (Lipinski definition) is 5. The van der Waals surface area contributed by atoms with Crippen LogP contribution in [0.4, 0.5) is 10.5 Å². The van der Waals surface area contributed by atoms with E-state index in [2.05, 4.69) is 10.5 Å². The fraction of sp³-hybridized carbons (Fsp3) is 0.542. The molecule has 8 heteroatoms. The van der Waals surface area contributed by atoms with Crippen LogP contribution in [-0.4, -0.2) is 46.4 Å². The summed E-state index contributed by atoms with van der Waals surface area (Å²) in [5, 5.41) is 16.3. The van der Waals surface area contributed by atoms with Gasteiger partial charge in [0.05, 0.1) is 12.0 Å². The highest BCUT2D eigenvalue weighted by Crippen LogP contribution is 2.34. The molecule has 2 aliphatic rings. The van der Waals surface area contributed by atoms with Gasteiger partial charge in [0.2, 0.25) is 0 Å². The van der Waals surface area contributed by atoms with Crippen LogP contribution < -0.4 is 10.1 Å². The molecule has 0 unspecified atom stereocenters. The van der Waals surface area contributed by atoms with Gasteiger partial charge >= 0.3 is 12.0 Å². The maximum Gasteiger partial charge on any atom is 0.321 e. The van der Waals surface area contributed by atoms with Gasteiger partial charge in [-0.2, -0.15) is 0 Å². The Morgan fingerprint density at radius 1 is 1.12 bits per heavy atom. The van der Waals surface area contributed by atoms with Crippen molar-refractivity contribution in [2.75, 3.05) is 12.4 Å². The van der Waals surface area contributed by atoms with Crippen LogP contribution in [0.5, 0.6) is 5.75 Å². The van der Waals surface area contributed by atoms with Crippen LogP contribution in [0, 0.1) is 12.8 Å².